The molecule has 2 nitrogen and oxygen atoms in total. The first-order valence-corrected chi connectivity index (χ1v) is 9.90. The number of anilines is 2. The fraction of sp³-hybridized carbons (Fsp3) is 0.478. The molecule has 0 spiro atoms. The fourth-order valence-electron chi connectivity index (χ4n) is 3.12. The van der Waals surface area contributed by atoms with E-state index in [4.69, 9.17) is 5.11 Å². The Hall–Kier alpha value is -1.80. The van der Waals surface area contributed by atoms with Crippen LogP contribution >= 0.6 is 0 Å². The molecule has 2 aromatic rings. The van der Waals surface area contributed by atoms with Crippen molar-refractivity contribution in [3.63, 3.8) is 0 Å². The van der Waals surface area contributed by atoms with Gasteiger partial charge < -0.3 is 10.4 Å². The van der Waals surface area contributed by atoms with Crippen molar-refractivity contribution in [2.75, 3.05) is 11.9 Å². The highest BCUT2D eigenvalue weighted by atomic mass is 16.2. The van der Waals surface area contributed by atoms with E-state index in [1.54, 1.807) is 0 Å². The lowest BCUT2D eigenvalue weighted by atomic mass is 10.0. The Kier molecular flexibility index (Phi) is 9.80. The molecule has 0 bridgehead atoms. The third-order valence-corrected chi connectivity index (χ3v) is 4.64. The summed E-state index contributed by atoms with van der Waals surface area (Å²) >= 11 is 0. The molecule has 0 saturated carbocycles. The average molecular weight is 340 g/mol. The lowest BCUT2D eigenvalue weighted by molar-refractivity contribution is 0.282. The predicted molar refractivity (Wildman–Crippen MR) is 109 cm³/mol. The quantitative estimate of drug-likeness (QED) is 0.410. The van der Waals surface area contributed by atoms with Crippen molar-refractivity contribution >= 4 is 11.4 Å². The third-order valence-electron chi connectivity index (χ3n) is 4.64. The van der Waals surface area contributed by atoms with Gasteiger partial charge in [-0.1, -0.05) is 75.3 Å². The smallest absolute Gasteiger partial charge is 0.0431 e. The van der Waals surface area contributed by atoms with E-state index in [0.717, 1.165) is 17.8 Å². The number of aliphatic hydroxyl groups excluding tert-OH is 1. The van der Waals surface area contributed by atoms with Crippen LogP contribution in [0.15, 0.2) is 54.6 Å². The topological polar surface area (TPSA) is 32.3 Å². The van der Waals surface area contributed by atoms with E-state index in [9.17, 15) is 0 Å². The van der Waals surface area contributed by atoms with Crippen molar-refractivity contribution in [2.45, 2.75) is 64.2 Å². The van der Waals surface area contributed by atoms with E-state index in [-0.39, 0.29) is 0 Å². The van der Waals surface area contributed by atoms with Gasteiger partial charge in [-0.3, -0.25) is 0 Å². The van der Waals surface area contributed by atoms with E-state index >= 15 is 0 Å². The number of hydrogen-bond acceptors (Lipinski definition) is 2. The first kappa shape index (κ1) is 19.5. The summed E-state index contributed by atoms with van der Waals surface area (Å²) in [5.41, 5.74) is 3.71. The van der Waals surface area contributed by atoms with Gasteiger partial charge in [-0.05, 0) is 49.1 Å². The molecule has 0 saturated heterocycles. The molecular weight excluding hydrogens is 306 g/mol. The van der Waals surface area contributed by atoms with E-state index < -0.39 is 0 Å². The van der Waals surface area contributed by atoms with Crippen LogP contribution in [0.5, 0.6) is 0 Å². The monoisotopic (exact) mass is 339 g/mol. The van der Waals surface area contributed by atoms with Crippen molar-refractivity contribution in [3.05, 3.63) is 60.2 Å². The van der Waals surface area contributed by atoms with Gasteiger partial charge in [0, 0.05) is 18.0 Å². The molecule has 25 heavy (non-hydrogen) atoms. The zero-order chi connectivity index (χ0) is 17.6. The van der Waals surface area contributed by atoms with Gasteiger partial charge in [0.15, 0.2) is 0 Å². The molecule has 2 N–H and O–H groups in total. The number of para-hydroxylation sites is 1. The molecule has 0 aromatic heterocycles. The highest BCUT2D eigenvalue weighted by Crippen LogP contribution is 2.18. The van der Waals surface area contributed by atoms with Crippen LogP contribution in [0.3, 0.4) is 0 Å². The number of hydrogen-bond donors (Lipinski definition) is 2. The maximum atomic E-state index is 8.74. The highest BCUT2D eigenvalue weighted by Gasteiger charge is 1.97. The maximum Gasteiger partial charge on any atom is 0.0431 e. The van der Waals surface area contributed by atoms with Crippen LogP contribution in [-0.2, 0) is 6.42 Å². The minimum Gasteiger partial charge on any atom is -0.396 e. The number of aliphatic hydroxyl groups is 1. The maximum absolute atomic E-state index is 8.74. The second kappa shape index (κ2) is 12.5. The number of aryl methyl sites for hydroxylation is 1. The van der Waals surface area contributed by atoms with E-state index in [0.29, 0.717) is 6.61 Å². The van der Waals surface area contributed by atoms with Gasteiger partial charge in [-0.25, -0.2) is 0 Å². The molecule has 0 amide bonds. The van der Waals surface area contributed by atoms with Crippen molar-refractivity contribution < 1.29 is 5.11 Å². The summed E-state index contributed by atoms with van der Waals surface area (Å²) in [6.07, 6.45) is 12.6. The number of benzene rings is 2. The van der Waals surface area contributed by atoms with Crippen LogP contribution < -0.4 is 5.32 Å². The molecular formula is C23H33NO. The first-order chi connectivity index (χ1) is 12.4. The molecule has 0 aliphatic carbocycles. The van der Waals surface area contributed by atoms with E-state index in [1.165, 1.54) is 63.4 Å². The summed E-state index contributed by atoms with van der Waals surface area (Å²) in [5, 5.41) is 12.2. The Labute approximate surface area is 153 Å². The van der Waals surface area contributed by atoms with Crippen molar-refractivity contribution in [1.29, 1.82) is 0 Å². The van der Waals surface area contributed by atoms with Gasteiger partial charge in [-0.15, -0.1) is 0 Å². The van der Waals surface area contributed by atoms with Crippen LogP contribution in [-0.4, -0.2) is 11.7 Å². The Balaban J connectivity index is 1.53. The predicted octanol–water partition coefficient (Wildman–Crippen LogP) is 6.48. The van der Waals surface area contributed by atoms with Crippen LogP contribution in [0.2, 0.25) is 0 Å². The summed E-state index contributed by atoms with van der Waals surface area (Å²) in [7, 11) is 0. The Morgan fingerprint density at radius 3 is 1.68 bits per heavy atom. The number of rotatable bonds is 13. The average Bonchev–Trinajstić information content (AvgIpc) is 2.65. The zero-order valence-corrected chi connectivity index (χ0v) is 15.4. The summed E-state index contributed by atoms with van der Waals surface area (Å²) in [6.45, 7) is 0.350. The van der Waals surface area contributed by atoms with Gasteiger partial charge in [0.25, 0.3) is 0 Å². The summed E-state index contributed by atoms with van der Waals surface area (Å²) in [4.78, 5) is 0. The second-order valence-electron chi connectivity index (χ2n) is 6.84. The lowest BCUT2D eigenvalue weighted by Crippen LogP contribution is -1.91. The fourth-order valence-corrected chi connectivity index (χ4v) is 3.12. The zero-order valence-electron chi connectivity index (χ0n) is 15.4. The van der Waals surface area contributed by atoms with Gasteiger partial charge in [0.1, 0.15) is 0 Å². The Bertz CT molecular complexity index is 550. The molecule has 2 aromatic carbocycles. The molecule has 0 unspecified atom stereocenters. The molecule has 136 valence electrons. The van der Waals surface area contributed by atoms with Crippen LogP contribution in [0, 0.1) is 0 Å². The Morgan fingerprint density at radius 1 is 0.560 bits per heavy atom. The number of unbranched alkanes of at least 4 members (excludes halogenated alkanes) is 8. The third kappa shape index (κ3) is 8.74. The Morgan fingerprint density at radius 2 is 1.08 bits per heavy atom. The molecule has 0 aliphatic heterocycles. The highest BCUT2D eigenvalue weighted by molar-refractivity contribution is 5.59. The van der Waals surface area contributed by atoms with Crippen LogP contribution in [0.1, 0.15) is 63.4 Å². The lowest BCUT2D eigenvalue weighted by Gasteiger charge is -2.07. The van der Waals surface area contributed by atoms with Crippen LogP contribution in [0.25, 0.3) is 0 Å². The largest absolute Gasteiger partial charge is 0.396 e. The first-order valence-electron chi connectivity index (χ1n) is 9.90. The van der Waals surface area contributed by atoms with Gasteiger partial charge in [0.05, 0.1) is 0 Å². The van der Waals surface area contributed by atoms with E-state index in [2.05, 4.69) is 41.7 Å². The SMILES string of the molecule is OCCCCCCCCCCCc1ccc(Nc2ccccc2)cc1. The molecule has 0 aliphatic rings. The van der Waals surface area contributed by atoms with Gasteiger partial charge >= 0.3 is 0 Å². The minimum absolute atomic E-state index is 0.350. The summed E-state index contributed by atoms with van der Waals surface area (Å²) < 4.78 is 0. The molecule has 0 atom stereocenters. The minimum atomic E-state index is 0.350. The number of nitrogens with one attached hydrogen (secondary N) is 1. The molecule has 0 fully saturated rings. The summed E-state index contributed by atoms with van der Waals surface area (Å²) in [5.74, 6) is 0. The second-order valence-corrected chi connectivity index (χ2v) is 6.84. The van der Waals surface area contributed by atoms with Crippen molar-refractivity contribution in [3.8, 4) is 0 Å². The van der Waals surface area contributed by atoms with Gasteiger partial charge in [-0.2, -0.15) is 0 Å². The van der Waals surface area contributed by atoms with E-state index in [1.807, 2.05) is 18.2 Å². The van der Waals surface area contributed by atoms with Crippen molar-refractivity contribution in [1.82, 2.24) is 0 Å². The standard InChI is InChI=1S/C23H33NO/c25-20-12-7-5-3-1-2-4-6-9-13-21-16-18-23(19-17-21)24-22-14-10-8-11-15-22/h8,10-11,14-19,24-25H,1-7,9,12-13,20H2. The normalized spacial score (nSPS) is 10.8. The summed E-state index contributed by atoms with van der Waals surface area (Å²) in [6, 6.07) is 19.1. The van der Waals surface area contributed by atoms with Gasteiger partial charge in [0.2, 0.25) is 0 Å². The van der Waals surface area contributed by atoms with Crippen molar-refractivity contribution in [2.24, 2.45) is 0 Å². The van der Waals surface area contributed by atoms with Crippen LogP contribution in [0.4, 0.5) is 11.4 Å². The molecule has 0 heterocycles. The molecule has 2 heteroatoms. The molecule has 2 rings (SSSR count). The molecule has 0 radical (unpaired) electrons.